The van der Waals surface area contributed by atoms with Gasteiger partial charge in [0.25, 0.3) is 15.9 Å². The second kappa shape index (κ2) is 9.71. The predicted octanol–water partition coefficient (Wildman–Crippen LogP) is 3.09. The second-order valence-electron chi connectivity index (χ2n) is 10.5. The normalized spacial score (nSPS) is 26.8. The lowest BCUT2D eigenvalue weighted by Gasteiger charge is -2.36. The summed E-state index contributed by atoms with van der Waals surface area (Å²) in [6.45, 7) is 1.22. The molecule has 12 nitrogen and oxygen atoms in total. The van der Waals surface area contributed by atoms with Crippen LogP contribution in [-0.2, 0) is 24.3 Å². The number of nitriles is 1. The lowest BCUT2D eigenvalue weighted by Crippen LogP contribution is -2.49. The molecule has 0 radical (unpaired) electrons. The Kier molecular flexibility index (Phi) is 6.29. The van der Waals surface area contributed by atoms with Gasteiger partial charge in [-0.25, -0.2) is 22.9 Å². The van der Waals surface area contributed by atoms with E-state index < -0.39 is 40.8 Å². The van der Waals surface area contributed by atoms with E-state index in [2.05, 4.69) is 12.2 Å². The van der Waals surface area contributed by atoms with E-state index in [-0.39, 0.29) is 41.1 Å². The van der Waals surface area contributed by atoms with Gasteiger partial charge in [-0.1, -0.05) is 13.0 Å². The van der Waals surface area contributed by atoms with Crippen LogP contribution in [0.1, 0.15) is 25.3 Å². The third-order valence-corrected chi connectivity index (χ3v) is 9.72. The maximum atomic E-state index is 13.8. The number of cyclic esters (lactones) is 1. The van der Waals surface area contributed by atoms with E-state index in [0.717, 1.165) is 15.6 Å². The third kappa shape index (κ3) is 4.68. The summed E-state index contributed by atoms with van der Waals surface area (Å²) >= 11 is 0. The molecule has 2 aliphatic heterocycles. The molecule has 1 saturated heterocycles. The molecular formula is C27H26N4O8S. The van der Waals surface area contributed by atoms with Gasteiger partial charge in [-0.05, 0) is 67.0 Å². The molecule has 2 aromatic carbocycles. The van der Waals surface area contributed by atoms with Crippen LogP contribution in [0.15, 0.2) is 47.4 Å². The van der Waals surface area contributed by atoms with Gasteiger partial charge in [0.15, 0.2) is 6.61 Å². The molecule has 2 aliphatic carbocycles. The van der Waals surface area contributed by atoms with E-state index in [1.54, 1.807) is 6.07 Å². The molecular weight excluding hydrogens is 540 g/mol. The summed E-state index contributed by atoms with van der Waals surface area (Å²) in [5, 5.41) is 12.0. The molecule has 13 heteroatoms. The maximum Gasteiger partial charge on any atom is 0.417 e. The van der Waals surface area contributed by atoms with Crippen LogP contribution < -0.4 is 14.4 Å². The zero-order valence-electron chi connectivity index (χ0n) is 21.5. The third-order valence-electron chi connectivity index (χ3n) is 7.95. The number of hydrogen-bond donors (Lipinski definition) is 1. The van der Waals surface area contributed by atoms with Gasteiger partial charge in [0.05, 0.1) is 35.3 Å². The fourth-order valence-corrected chi connectivity index (χ4v) is 7.29. The number of nitrogens with zero attached hydrogens (tertiary/aromatic N) is 3. The standard InChI is InChI=1S/C27H26N4O8S/c1-15-21-8-17(21)9-24(15)39-26(33)29-18-5-6-23-22(10-18)31(40(35,36)20-4-2-3-16(7-20)11-28)13-19(38-23)12-30-25(32)14-37-27(30)34/h2-7,10,15,17,19,21,24H,8-9,12-14H2,1H3,(H,29,33)/t15-,17+,19+,21?,24-/m1/s1. The van der Waals surface area contributed by atoms with Crippen LogP contribution in [-0.4, -0.2) is 63.3 Å². The first-order valence-corrected chi connectivity index (χ1v) is 14.4. The summed E-state index contributed by atoms with van der Waals surface area (Å²) in [5.41, 5.74) is 0.599. The van der Waals surface area contributed by atoms with Gasteiger partial charge in [0.1, 0.15) is 18.0 Å². The molecule has 0 bridgehead atoms. The molecule has 2 saturated carbocycles. The van der Waals surface area contributed by atoms with Gasteiger partial charge in [-0.15, -0.1) is 0 Å². The predicted molar refractivity (Wildman–Crippen MR) is 139 cm³/mol. The largest absolute Gasteiger partial charge is 0.484 e. The quantitative estimate of drug-likeness (QED) is 0.555. The number of benzene rings is 2. The molecule has 3 fully saturated rings. The van der Waals surface area contributed by atoms with Crippen LogP contribution in [0.4, 0.5) is 21.0 Å². The van der Waals surface area contributed by atoms with Crippen molar-refractivity contribution < 1.29 is 37.0 Å². The topological polar surface area (TPSA) is 155 Å². The Hall–Kier alpha value is -4.31. The molecule has 2 aromatic rings. The van der Waals surface area contributed by atoms with Crippen LogP contribution in [0, 0.1) is 29.1 Å². The molecule has 3 amide bonds. The highest BCUT2D eigenvalue weighted by atomic mass is 32.2. The van der Waals surface area contributed by atoms with E-state index in [1.807, 2.05) is 6.07 Å². The Morgan fingerprint density at radius 2 is 2.02 bits per heavy atom. The van der Waals surface area contributed by atoms with Gasteiger partial charge >= 0.3 is 12.2 Å². The van der Waals surface area contributed by atoms with Crippen molar-refractivity contribution in [2.24, 2.45) is 17.8 Å². The average Bonchev–Trinajstić information content (AvgIpc) is 3.56. The molecule has 0 aromatic heterocycles. The fourth-order valence-electron chi connectivity index (χ4n) is 5.74. The van der Waals surface area contributed by atoms with Crippen LogP contribution in [0.3, 0.4) is 0 Å². The van der Waals surface area contributed by atoms with Gasteiger partial charge < -0.3 is 14.2 Å². The molecule has 5 atom stereocenters. The number of sulfonamides is 1. The van der Waals surface area contributed by atoms with Gasteiger partial charge in [0, 0.05) is 5.69 Å². The number of rotatable bonds is 6. The summed E-state index contributed by atoms with van der Waals surface area (Å²) in [6.07, 6.45) is -0.495. The van der Waals surface area contributed by atoms with Gasteiger partial charge in [-0.3, -0.25) is 14.4 Å². The Morgan fingerprint density at radius 1 is 1.20 bits per heavy atom. The van der Waals surface area contributed by atoms with Crippen LogP contribution >= 0.6 is 0 Å². The maximum absolute atomic E-state index is 13.8. The monoisotopic (exact) mass is 566 g/mol. The van der Waals surface area contributed by atoms with Crippen molar-refractivity contribution in [3.05, 3.63) is 48.0 Å². The van der Waals surface area contributed by atoms with Crippen LogP contribution in [0.5, 0.6) is 5.75 Å². The number of imide groups is 1. The minimum absolute atomic E-state index is 0.124. The first-order chi connectivity index (χ1) is 19.1. The average molecular weight is 567 g/mol. The van der Waals surface area contributed by atoms with Crippen LogP contribution in [0.25, 0.3) is 0 Å². The molecule has 6 rings (SSSR count). The summed E-state index contributed by atoms with van der Waals surface area (Å²) in [7, 11) is -4.24. The fraction of sp³-hybridized carbons (Fsp3) is 0.407. The van der Waals surface area contributed by atoms with Crippen molar-refractivity contribution in [1.82, 2.24) is 4.90 Å². The number of fused-ring (bicyclic) bond motifs is 2. The summed E-state index contributed by atoms with van der Waals surface area (Å²) < 4.78 is 45.2. The van der Waals surface area contributed by atoms with Gasteiger partial charge in [0.2, 0.25) is 0 Å². The highest BCUT2D eigenvalue weighted by Gasteiger charge is 2.52. The van der Waals surface area contributed by atoms with E-state index in [9.17, 15) is 28.1 Å². The Morgan fingerprint density at radius 3 is 2.73 bits per heavy atom. The van der Waals surface area contributed by atoms with Crippen molar-refractivity contribution in [2.45, 2.75) is 36.9 Å². The molecule has 40 heavy (non-hydrogen) atoms. The zero-order chi connectivity index (χ0) is 28.2. The van der Waals surface area contributed by atoms with E-state index in [1.165, 1.54) is 42.8 Å². The van der Waals surface area contributed by atoms with Crippen molar-refractivity contribution in [3.63, 3.8) is 0 Å². The Bertz CT molecular complexity index is 1540. The first-order valence-electron chi connectivity index (χ1n) is 12.9. The summed E-state index contributed by atoms with van der Waals surface area (Å²) in [6, 6.07) is 12.0. The van der Waals surface area contributed by atoms with Crippen molar-refractivity contribution in [1.29, 1.82) is 5.26 Å². The number of carbonyl (C=O) groups is 3. The molecule has 208 valence electrons. The first kappa shape index (κ1) is 25.9. The molecule has 4 aliphatic rings. The van der Waals surface area contributed by atoms with E-state index >= 15 is 0 Å². The van der Waals surface area contributed by atoms with Crippen molar-refractivity contribution in [3.8, 4) is 11.8 Å². The highest BCUT2D eigenvalue weighted by Crippen LogP contribution is 2.56. The zero-order valence-corrected chi connectivity index (χ0v) is 22.3. The number of anilines is 2. The minimum atomic E-state index is -4.24. The number of nitrogens with one attached hydrogen (secondary N) is 1. The summed E-state index contributed by atoms with van der Waals surface area (Å²) in [4.78, 5) is 37.5. The number of hydrogen-bond acceptors (Lipinski definition) is 9. The molecule has 2 heterocycles. The second-order valence-corrected chi connectivity index (χ2v) is 12.3. The molecule has 1 N–H and O–H groups in total. The van der Waals surface area contributed by atoms with E-state index in [4.69, 9.17) is 14.2 Å². The number of amides is 3. The molecule has 0 spiro atoms. The summed E-state index contributed by atoms with van der Waals surface area (Å²) in [5.74, 6) is 1.15. The van der Waals surface area contributed by atoms with Crippen LogP contribution in [0.2, 0.25) is 0 Å². The van der Waals surface area contributed by atoms with E-state index in [0.29, 0.717) is 23.4 Å². The smallest absolute Gasteiger partial charge is 0.417 e. The van der Waals surface area contributed by atoms with Gasteiger partial charge in [-0.2, -0.15) is 5.26 Å². The minimum Gasteiger partial charge on any atom is -0.484 e. The highest BCUT2D eigenvalue weighted by molar-refractivity contribution is 7.92. The Balaban J connectivity index is 1.28. The molecule has 1 unspecified atom stereocenters. The lowest BCUT2D eigenvalue weighted by atomic mass is 10.0. The number of carbonyl (C=O) groups excluding carboxylic acids is 3. The Labute approximate surface area is 230 Å². The van der Waals surface area contributed by atoms with Crippen molar-refractivity contribution in [2.75, 3.05) is 29.3 Å². The number of ether oxygens (including phenoxy) is 3. The SMILES string of the molecule is C[C@@H]1C2C[C@H]2C[C@H]1OC(=O)Nc1ccc2c(c1)N(S(=O)(=O)c1cccc(C#N)c1)C[C@H](CN1C(=O)COC1=O)O2. The lowest BCUT2D eigenvalue weighted by molar-refractivity contribution is -0.126. The van der Waals surface area contributed by atoms with Crippen molar-refractivity contribution >= 4 is 39.5 Å².